The van der Waals surface area contributed by atoms with Crippen LogP contribution in [0.1, 0.15) is 22.7 Å². The summed E-state index contributed by atoms with van der Waals surface area (Å²) in [7, 11) is 0. The Balaban J connectivity index is 1.41. The predicted molar refractivity (Wildman–Crippen MR) is 112 cm³/mol. The molecule has 0 spiro atoms. The number of hydrogen-bond donors (Lipinski definition) is 1. The lowest BCUT2D eigenvalue weighted by Gasteiger charge is -2.36. The standard InChI is InChI=1S/C24H25N3O2/c28-24(18-29-22-10-2-1-3-11-22)26-16-23(20-9-6-13-25-15-20)27-14-12-19-7-4-5-8-21(19)17-27/h1-11,13,15,23H,12,14,16-18H2,(H,26,28). The minimum atomic E-state index is -0.125. The number of carbonyl (C=O) groups excluding carboxylic acids is 1. The van der Waals surface area contributed by atoms with Crippen LogP contribution in [0, 0.1) is 0 Å². The van der Waals surface area contributed by atoms with Gasteiger partial charge < -0.3 is 10.1 Å². The van der Waals surface area contributed by atoms with Gasteiger partial charge in [-0.25, -0.2) is 0 Å². The smallest absolute Gasteiger partial charge is 0.258 e. The third-order valence-corrected chi connectivity index (χ3v) is 5.28. The monoisotopic (exact) mass is 387 g/mol. The zero-order valence-corrected chi connectivity index (χ0v) is 16.3. The lowest BCUT2D eigenvalue weighted by molar-refractivity contribution is -0.123. The van der Waals surface area contributed by atoms with E-state index in [-0.39, 0.29) is 18.6 Å². The number of rotatable bonds is 7. The molecule has 1 atom stereocenters. The first kappa shape index (κ1) is 19.2. The van der Waals surface area contributed by atoms with E-state index in [0.717, 1.165) is 25.1 Å². The van der Waals surface area contributed by atoms with Gasteiger partial charge in [-0.15, -0.1) is 0 Å². The number of nitrogens with one attached hydrogen (secondary N) is 1. The van der Waals surface area contributed by atoms with Crippen molar-refractivity contribution in [1.82, 2.24) is 15.2 Å². The van der Waals surface area contributed by atoms with E-state index in [1.165, 1.54) is 11.1 Å². The normalized spacial score (nSPS) is 14.6. The first-order chi connectivity index (χ1) is 14.3. The molecule has 1 unspecified atom stereocenters. The zero-order valence-electron chi connectivity index (χ0n) is 16.3. The maximum absolute atomic E-state index is 12.4. The van der Waals surface area contributed by atoms with Crippen LogP contribution in [-0.4, -0.2) is 35.5 Å². The third kappa shape index (κ3) is 5.00. The number of benzene rings is 2. The summed E-state index contributed by atoms with van der Waals surface area (Å²) in [5, 5.41) is 3.04. The van der Waals surface area contributed by atoms with Crippen molar-refractivity contribution < 1.29 is 9.53 Å². The minimum absolute atomic E-state index is 0.00655. The summed E-state index contributed by atoms with van der Waals surface area (Å²) >= 11 is 0. The summed E-state index contributed by atoms with van der Waals surface area (Å²) in [6.07, 6.45) is 4.67. The molecule has 0 aliphatic carbocycles. The van der Waals surface area contributed by atoms with E-state index in [1.807, 2.05) is 42.6 Å². The highest BCUT2D eigenvalue weighted by Gasteiger charge is 2.25. The summed E-state index contributed by atoms with van der Waals surface area (Å²) in [5.41, 5.74) is 3.87. The summed E-state index contributed by atoms with van der Waals surface area (Å²) in [6.45, 7) is 2.34. The number of ether oxygens (including phenoxy) is 1. The van der Waals surface area contributed by atoms with E-state index in [1.54, 1.807) is 6.20 Å². The highest BCUT2D eigenvalue weighted by atomic mass is 16.5. The summed E-state index contributed by atoms with van der Waals surface area (Å²) < 4.78 is 5.56. The van der Waals surface area contributed by atoms with Gasteiger partial charge in [-0.05, 0) is 41.3 Å². The second-order valence-corrected chi connectivity index (χ2v) is 7.20. The molecule has 4 rings (SSSR count). The van der Waals surface area contributed by atoms with Crippen LogP contribution in [0.25, 0.3) is 0 Å². The Morgan fingerprint density at radius 1 is 1.03 bits per heavy atom. The van der Waals surface area contributed by atoms with Gasteiger partial charge in [0, 0.05) is 32.0 Å². The Hall–Kier alpha value is -3.18. The van der Waals surface area contributed by atoms with Gasteiger partial charge in [0.2, 0.25) is 0 Å². The van der Waals surface area contributed by atoms with Crippen molar-refractivity contribution in [2.45, 2.75) is 19.0 Å². The number of carbonyl (C=O) groups is 1. The maximum atomic E-state index is 12.4. The average Bonchev–Trinajstić information content (AvgIpc) is 2.79. The van der Waals surface area contributed by atoms with Crippen molar-refractivity contribution >= 4 is 5.91 Å². The third-order valence-electron chi connectivity index (χ3n) is 5.28. The highest BCUT2D eigenvalue weighted by Crippen LogP contribution is 2.27. The van der Waals surface area contributed by atoms with E-state index in [2.05, 4.69) is 45.5 Å². The molecule has 0 saturated carbocycles. The molecule has 148 valence electrons. The van der Waals surface area contributed by atoms with E-state index in [9.17, 15) is 4.79 Å². The molecule has 1 aliphatic rings. The molecule has 5 nitrogen and oxygen atoms in total. The van der Waals surface area contributed by atoms with E-state index < -0.39 is 0 Å². The maximum Gasteiger partial charge on any atom is 0.258 e. The topological polar surface area (TPSA) is 54.5 Å². The Morgan fingerprint density at radius 2 is 1.83 bits per heavy atom. The highest BCUT2D eigenvalue weighted by molar-refractivity contribution is 5.77. The molecule has 1 amide bonds. The van der Waals surface area contributed by atoms with Crippen molar-refractivity contribution in [1.29, 1.82) is 0 Å². The van der Waals surface area contributed by atoms with Crippen molar-refractivity contribution in [2.24, 2.45) is 0 Å². The van der Waals surface area contributed by atoms with E-state index in [0.29, 0.717) is 12.3 Å². The van der Waals surface area contributed by atoms with Crippen LogP contribution >= 0.6 is 0 Å². The number of aromatic nitrogens is 1. The fourth-order valence-corrected chi connectivity index (χ4v) is 3.74. The molecule has 0 saturated heterocycles. The van der Waals surface area contributed by atoms with Gasteiger partial charge in [-0.2, -0.15) is 0 Å². The Kier molecular flexibility index (Phi) is 6.17. The molecule has 3 aromatic rings. The van der Waals surface area contributed by atoms with Crippen LogP contribution in [0.4, 0.5) is 0 Å². The summed E-state index contributed by atoms with van der Waals surface area (Å²) in [5.74, 6) is 0.569. The largest absolute Gasteiger partial charge is 0.484 e. The van der Waals surface area contributed by atoms with Crippen molar-refractivity contribution in [3.8, 4) is 5.75 Å². The van der Waals surface area contributed by atoms with E-state index in [4.69, 9.17) is 4.74 Å². The lowest BCUT2D eigenvalue weighted by atomic mass is 9.97. The van der Waals surface area contributed by atoms with Crippen molar-refractivity contribution in [3.63, 3.8) is 0 Å². The van der Waals surface area contributed by atoms with Gasteiger partial charge in [0.15, 0.2) is 6.61 Å². The molecule has 1 N–H and O–H groups in total. The van der Waals surface area contributed by atoms with Crippen molar-refractivity contribution in [3.05, 3.63) is 95.8 Å². The van der Waals surface area contributed by atoms with Crippen LogP contribution in [-0.2, 0) is 17.8 Å². The van der Waals surface area contributed by atoms with Gasteiger partial charge in [0.05, 0.1) is 6.04 Å². The molecule has 2 aromatic carbocycles. The Bertz CT molecular complexity index is 931. The van der Waals surface area contributed by atoms with Gasteiger partial charge >= 0.3 is 0 Å². The average molecular weight is 387 g/mol. The number of pyridine rings is 1. The lowest BCUT2D eigenvalue weighted by Crippen LogP contribution is -2.41. The molecule has 2 heterocycles. The SMILES string of the molecule is O=C(COc1ccccc1)NCC(c1cccnc1)N1CCc2ccccc2C1. The molecule has 0 fully saturated rings. The first-order valence-corrected chi connectivity index (χ1v) is 9.95. The van der Waals surface area contributed by atoms with Crippen LogP contribution in [0.15, 0.2) is 79.1 Å². The number of para-hydroxylation sites is 1. The minimum Gasteiger partial charge on any atom is -0.484 e. The molecular formula is C24H25N3O2. The quantitative estimate of drug-likeness (QED) is 0.675. The van der Waals surface area contributed by atoms with Gasteiger partial charge in [0.25, 0.3) is 5.91 Å². The van der Waals surface area contributed by atoms with Crippen LogP contribution < -0.4 is 10.1 Å². The zero-order chi connectivity index (χ0) is 19.9. The second-order valence-electron chi connectivity index (χ2n) is 7.20. The fourth-order valence-electron chi connectivity index (χ4n) is 3.74. The molecule has 0 bridgehead atoms. The van der Waals surface area contributed by atoms with Gasteiger partial charge in [-0.1, -0.05) is 48.5 Å². The molecule has 29 heavy (non-hydrogen) atoms. The summed E-state index contributed by atoms with van der Waals surface area (Å²) in [4.78, 5) is 19.1. The van der Waals surface area contributed by atoms with Crippen molar-refractivity contribution in [2.75, 3.05) is 19.7 Å². The number of amides is 1. The van der Waals surface area contributed by atoms with Gasteiger partial charge in [0.1, 0.15) is 5.75 Å². The molecule has 5 heteroatoms. The summed E-state index contributed by atoms with van der Waals surface area (Å²) in [6, 6.07) is 22.0. The second kappa shape index (κ2) is 9.34. The molecule has 1 aliphatic heterocycles. The van der Waals surface area contributed by atoms with Crippen LogP contribution in [0.2, 0.25) is 0 Å². The molecular weight excluding hydrogens is 362 g/mol. The van der Waals surface area contributed by atoms with Gasteiger partial charge in [-0.3, -0.25) is 14.7 Å². The molecule has 0 radical (unpaired) electrons. The van der Waals surface area contributed by atoms with E-state index >= 15 is 0 Å². The number of hydrogen-bond acceptors (Lipinski definition) is 4. The first-order valence-electron chi connectivity index (χ1n) is 9.95. The number of fused-ring (bicyclic) bond motifs is 1. The Morgan fingerprint density at radius 3 is 2.62 bits per heavy atom. The molecule has 1 aromatic heterocycles. The predicted octanol–water partition coefficient (Wildman–Crippen LogP) is 3.38. The number of nitrogens with zero attached hydrogens (tertiary/aromatic N) is 2. The fraction of sp³-hybridized carbons (Fsp3) is 0.250. The Labute approximate surface area is 171 Å². The van der Waals surface area contributed by atoms with Crippen LogP contribution in [0.5, 0.6) is 5.75 Å². The van der Waals surface area contributed by atoms with Crippen LogP contribution in [0.3, 0.4) is 0 Å².